The quantitative estimate of drug-likeness (QED) is 0.658. The summed E-state index contributed by atoms with van der Waals surface area (Å²) in [7, 11) is 0. The molecule has 0 heterocycles. The van der Waals surface area contributed by atoms with Gasteiger partial charge in [0.15, 0.2) is 0 Å². The summed E-state index contributed by atoms with van der Waals surface area (Å²) < 4.78 is 1.09. The monoisotopic (exact) mass is 269 g/mol. The minimum absolute atomic E-state index is 0.0345. The molecule has 0 aliphatic rings. The fourth-order valence-corrected chi connectivity index (χ4v) is 1.85. The van der Waals surface area contributed by atoms with Crippen molar-refractivity contribution in [3.63, 3.8) is 0 Å². The molecule has 82 valence electrons. The Balaban J connectivity index is 2.71. The Labute approximate surface area is 99.2 Å². The number of nitrogens with one attached hydrogen (secondary N) is 1. The molecule has 1 N–H and O–H groups in total. The summed E-state index contributed by atoms with van der Waals surface area (Å²) in [4.78, 5) is 10.2. The maximum absolute atomic E-state index is 10.2. The second kappa shape index (κ2) is 5.42. The minimum atomic E-state index is 0.0345. The molecule has 0 atom stereocenters. The molecule has 0 saturated heterocycles. The van der Waals surface area contributed by atoms with Crippen molar-refractivity contribution in [3.05, 3.63) is 34.3 Å². The van der Waals surface area contributed by atoms with Crippen molar-refractivity contribution < 1.29 is 4.79 Å². The SMILES string of the molecule is CC(C)(CNCC=O)c1cccc(Br)c1. The van der Waals surface area contributed by atoms with Crippen LogP contribution in [-0.4, -0.2) is 19.4 Å². The van der Waals surface area contributed by atoms with Gasteiger partial charge in [-0.3, -0.25) is 0 Å². The molecule has 15 heavy (non-hydrogen) atoms. The number of hydrogen-bond donors (Lipinski definition) is 1. The highest BCUT2D eigenvalue weighted by molar-refractivity contribution is 9.10. The summed E-state index contributed by atoms with van der Waals surface area (Å²) >= 11 is 3.46. The maximum Gasteiger partial charge on any atom is 0.133 e. The molecule has 0 spiro atoms. The highest BCUT2D eigenvalue weighted by atomic mass is 79.9. The zero-order valence-electron chi connectivity index (χ0n) is 9.09. The van der Waals surface area contributed by atoms with Crippen LogP contribution in [-0.2, 0) is 10.2 Å². The molecule has 0 unspecified atom stereocenters. The summed E-state index contributed by atoms with van der Waals surface area (Å²) in [5, 5.41) is 3.11. The lowest BCUT2D eigenvalue weighted by molar-refractivity contribution is -0.107. The lowest BCUT2D eigenvalue weighted by Gasteiger charge is -2.25. The van der Waals surface area contributed by atoms with Crippen molar-refractivity contribution in [2.45, 2.75) is 19.3 Å². The van der Waals surface area contributed by atoms with E-state index in [1.165, 1.54) is 5.56 Å². The average Bonchev–Trinajstić information content (AvgIpc) is 2.18. The molecule has 0 amide bonds. The Bertz CT molecular complexity index is 336. The van der Waals surface area contributed by atoms with E-state index in [1.807, 2.05) is 12.1 Å². The standard InChI is InChI=1S/C12H16BrNO/c1-12(2,9-14-6-7-15)10-4-3-5-11(13)8-10/h3-5,7-8,14H,6,9H2,1-2H3. The zero-order valence-corrected chi connectivity index (χ0v) is 10.7. The van der Waals surface area contributed by atoms with E-state index in [1.54, 1.807) is 0 Å². The van der Waals surface area contributed by atoms with E-state index >= 15 is 0 Å². The van der Waals surface area contributed by atoms with Crippen LogP contribution in [0.25, 0.3) is 0 Å². The van der Waals surface area contributed by atoms with Crippen molar-refractivity contribution in [1.82, 2.24) is 5.32 Å². The largest absolute Gasteiger partial charge is 0.309 e. The first-order valence-electron chi connectivity index (χ1n) is 4.96. The first-order chi connectivity index (χ1) is 7.06. The van der Waals surface area contributed by atoms with Crippen molar-refractivity contribution in [2.24, 2.45) is 0 Å². The van der Waals surface area contributed by atoms with Gasteiger partial charge in [-0.2, -0.15) is 0 Å². The molecule has 3 heteroatoms. The number of benzene rings is 1. The minimum Gasteiger partial charge on any atom is -0.309 e. The van der Waals surface area contributed by atoms with Gasteiger partial charge in [-0.25, -0.2) is 0 Å². The fourth-order valence-electron chi connectivity index (χ4n) is 1.46. The van der Waals surface area contributed by atoms with Crippen molar-refractivity contribution in [2.75, 3.05) is 13.1 Å². The molecule has 0 fully saturated rings. The van der Waals surface area contributed by atoms with E-state index in [4.69, 9.17) is 0 Å². The van der Waals surface area contributed by atoms with Crippen LogP contribution in [0.1, 0.15) is 19.4 Å². The van der Waals surface area contributed by atoms with Crippen molar-refractivity contribution in [3.8, 4) is 0 Å². The lowest BCUT2D eigenvalue weighted by Crippen LogP contribution is -2.33. The number of rotatable bonds is 5. The van der Waals surface area contributed by atoms with E-state index < -0.39 is 0 Å². The van der Waals surface area contributed by atoms with Crippen LogP contribution < -0.4 is 5.32 Å². The van der Waals surface area contributed by atoms with E-state index in [0.717, 1.165) is 17.3 Å². The van der Waals surface area contributed by atoms with Gasteiger partial charge >= 0.3 is 0 Å². The van der Waals surface area contributed by atoms with Gasteiger partial charge in [0.1, 0.15) is 6.29 Å². The van der Waals surface area contributed by atoms with Gasteiger partial charge in [-0.05, 0) is 17.7 Å². The number of aldehydes is 1. The third kappa shape index (κ3) is 3.76. The topological polar surface area (TPSA) is 29.1 Å². The molecule has 2 nitrogen and oxygen atoms in total. The summed E-state index contributed by atoms with van der Waals surface area (Å²) in [5.41, 5.74) is 1.29. The molecule has 1 aromatic carbocycles. The molecule has 0 bridgehead atoms. The van der Waals surface area contributed by atoms with Gasteiger partial charge in [-0.15, -0.1) is 0 Å². The van der Waals surface area contributed by atoms with Crippen LogP contribution in [0.4, 0.5) is 0 Å². The highest BCUT2D eigenvalue weighted by Crippen LogP contribution is 2.24. The number of carbonyl (C=O) groups is 1. The predicted octanol–water partition coefficient (Wildman–Crippen LogP) is 2.52. The Morgan fingerprint density at radius 1 is 1.47 bits per heavy atom. The Morgan fingerprint density at radius 2 is 2.20 bits per heavy atom. The van der Waals surface area contributed by atoms with Gasteiger partial charge in [-0.1, -0.05) is 41.9 Å². The maximum atomic E-state index is 10.2. The summed E-state index contributed by atoms with van der Waals surface area (Å²) in [6, 6.07) is 8.26. The van der Waals surface area contributed by atoms with Crippen LogP contribution in [0.5, 0.6) is 0 Å². The van der Waals surface area contributed by atoms with Crippen LogP contribution in [0.2, 0.25) is 0 Å². The normalized spacial score (nSPS) is 11.4. The van der Waals surface area contributed by atoms with Crippen LogP contribution >= 0.6 is 15.9 Å². The highest BCUT2D eigenvalue weighted by Gasteiger charge is 2.19. The average molecular weight is 270 g/mol. The first-order valence-corrected chi connectivity index (χ1v) is 5.76. The van der Waals surface area contributed by atoms with Gasteiger partial charge in [0.05, 0.1) is 6.54 Å². The van der Waals surface area contributed by atoms with Crippen LogP contribution in [0.3, 0.4) is 0 Å². The smallest absolute Gasteiger partial charge is 0.133 e. The Hall–Kier alpha value is -0.670. The second-order valence-electron chi connectivity index (χ2n) is 4.19. The third-order valence-electron chi connectivity index (χ3n) is 2.40. The van der Waals surface area contributed by atoms with E-state index in [9.17, 15) is 4.79 Å². The molecule has 0 aliphatic heterocycles. The molecule has 1 rings (SSSR count). The molecular weight excluding hydrogens is 254 g/mol. The molecule has 0 radical (unpaired) electrons. The molecule has 0 aliphatic carbocycles. The summed E-state index contributed by atoms with van der Waals surface area (Å²) in [5.74, 6) is 0. The third-order valence-corrected chi connectivity index (χ3v) is 2.89. The van der Waals surface area contributed by atoms with Crippen LogP contribution in [0, 0.1) is 0 Å². The summed E-state index contributed by atoms with van der Waals surface area (Å²) in [6.07, 6.45) is 0.886. The van der Waals surface area contributed by atoms with E-state index in [-0.39, 0.29) is 5.41 Å². The molecule has 0 aromatic heterocycles. The Morgan fingerprint density at radius 3 is 2.80 bits per heavy atom. The Kier molecular flexibility index (Phi) is 4.48. The fraction of sp³-hybridized carbons (Fsp3) is 0.417. The van der Waals surface area contributed by atoms with Gasteiger partial charge < -0.3 is 10.1 Å². The molecule has 0 saturated carbocycles. The molecular formula is C12H16BrNO. The van der Waals surface area contributed by atoms with Crippen LogP contribution in [0.15, 0.2) is 28.7 Å². The number of carbonyl (C=O) groups excluding carboxylic acids is 1. The van der Waals surface area contributed by atoms with Gasteiger partial charge in [0.25, 0.3) is 0 Å². The van der Waals surface area contributed by atoms with Crippen molar-refractivity contribution in [1.29, 1.82) is 0 Å². The van der Waals surface area contributed by atoms with E-state index in [0.29, 0.717) is 6.54 Å². The number of halogens is 1. The number of hydrogen-bond acceptors (Lipinski definition) is 2. The van der Waals surface area contributed by atoms with Gasteiger partial charge in [0, 0.05) is 16.4 Å². The lowest BCUT2D eigenvalue weighted by atomic mass is 9.85. The van der Waals surface area contributed by atoms with E-state index in [2.05, 4.69) is 47.2 Å². The second-order valence-corrected chi connectivity index (χ2v) is 5.11. The van der Waals surface area contributed by atoms with Gasteiger partial charge in [0.2, 0.25) is 0 Å². The molecule has 1 aromatic rings. The van der Waals surface area contributed by atoms with Crippen molar-refractivity contribution >= 4 is 22.2 Å². The zero-order chi connectivity index (χ0) is 11.3. The summed E-state index contributed by atoms with van der Waals surface area (Å²) in [6.45, 7) is 5.53. The predicted molar refractivity (Wildman–Crippen MR) is 66.1 cm³/mol. The first kappa shape index (κ1) is 12.4.